The van der Waals surface area contributed by atoms with Gasteiger partial charge >= 0.3 is 6.09 Å². The highest BCUT2D eigenvalue weighted by Crippen LogP contribution is 2.21. The van der Waals surface area contributed by atoms with E-state index in [9.17, 15) is 14.0 Å². The molecule has 0 spiro atoms. The first-order chi connectivity index (χ1) is 11.8. The number of nitrogens with zero attached hydrogens (tertiary/aromatic N) is 1. The predicted octanol–water partition coefficient (Wildman–Crippen LogP) is 3.21. The molecule has 0 radical (unpaired) electrons. The molecule has 0 bridgehead atoms. The second kappa shape index (κ2) is 7.92. The molecule has 1 heterocycles. The van der Waals surface area contributed by atoms with Crippen LogP contribution in [-0.4, -0.2) is 37.0 Å². The van der Waals surface area contributed by atoms with Gasteiger partial charge in [-0.1, -0.05) is 0 Å². The van der Waals surface area contributed by atoms with E-state index in [1.807, 2.05) is 0 Å². The Morgan fingerprint density at radius 3 is 2.84 bits per heavy atom. The van der Waals surface area contributed by atoms with Gasteiger partial charge in [-0.15, -0.1) is 0 Å². The van der Waals surface area contributed by atoms with Crippen LogP contribution in [0.15, 0.2) is 35.1 Å². The number of benzene rings is 1. The lowest BCUT2D eigenvalue weighted by Crippen LogP contribution is -2.34. The molecule has 0 fully saturated rings. The minimum absolute atomic E-state index is 0.0263. The van der Waals surface area contributed by atoms with Gasteiger partial charge in [0.25, 0.3) is 5.91 Å². The minimum atomic E-state index is -0.626. The first-order valence-corrected chi connectivity index (χ1v) is 7.86. The zero-order valence-electron chi connectivity index (χ0n) is 14.5. The third-order valence-electron chi connectivity index (χ3n) is 3.26. The fourth-order valence-corrected chi connectivity index (χ4v) is 2.13. The molecule has 0 atom stereocenters. The molecule has 0 unspecified atom stereocenters. The fourth-order valence-electron chi connectivity index (χ4n) is 2.13. The average Bonchev–Trinajstić information content (AvgIpc) is 2.53. The first-order valence-electron chi connectivity index (χ1n) is 7.86. The van der Waals surface area contributed by atoms with Crippen molar-refractivity contribution in [1.82, 2.24) is 5.32 Å². The summed E-state index contributed by atoms with van der Waals surface area (Å²) in [6.07, 6.45) is 1.86. The van der Waals surface area contributed by atoms with Crippen molar-refractivity contribution in [2.24, 2.45) is 4.99 Å². The molecule has 25 heavy (non-hydrogen) atoms. The van der Waals surface area contributed by atoms with Crippen LogP contribution < -0.4 is 10.1 Å². The maximum Gasteiger partial charge on any atom is 0.407 e. The Kier molecular flexibility index (Phi) is 5.90. The highest BCUT2D eigenvalue weighted by atomic mass is 19.1. The van der Waals surface area contributed by atoms with Gasteiger partial charge in [0.15, 0.2) is 0 Å². The summed E-state index contributed by atoms with van der Waals surface area (Å²) < 4.78 is 23.6. The fraction of sp³-hybridized carbons (Fsp3) is 0.389. The van der Waals surface area contributed by atoms with Crippen LogP contribution >= 0.6 is 0 Å². The molecule has 1 N–H and O–H groups in total. The molecule has 0 aromatic heterocycles. The Labute approximate surface area is 145 Å². The van der Waals surface area contributed by atoms with Crippen molar-refractivity contribution in [3.8, 4) is 5.75 Å². The molecule has 6 nitrogen and oxygen atoms in total. The van der Waals surface area contributed by atoms with E-state index in [1.165, 1.54) is 0 Å². The Balaban J connectivity index is 1.87. The van der Waals surface area contributed by atoms with Gasteiger partial charge < -0.3 is 14.8 Å². The number of alkyl carbamates (subject to hydrolysis) is 1. The van der Waals surface area contributed by atoms with E-state index in [2.05, 4.69) is 10.3 Å². The second-order valence-corrected chi connectivity index (χ2v) is 6.55. The van der Waals surface area contributed by atoms with Crippen LogP contribution in [0.25, 0.3) is 0 Å². The van der Waals surface area contributed by atoms with Gasteiger partial charge in [-0.05, 0) is 44.5 Å². The number of halogens is 1. The lowest BCUT2D eigenvalue weighted by atomic mass is 10.0. The van der Waals surface area contributed by atoms with E-state index in [0.29, 0.717) is 24.1 Å². The molecule has 2 rings (SSSR count). The number of fused-ring (bicyclic) bond motifs is 1. The number of aliphatic imine (C=N–C) groups is 1. The van der Waals surface area contributed by atoms with E-state index in [4.69, 9.17) is 9.47 Å². The van der Waals surface area contributed by atoms with Crippen LogP contribution in [0.1, 0.15) is 36.7 Å². The lowest BCUT2D eigenvalue weighted by Gasteiger charge is -2.20. The zero-order chi connectivity index (χ0) is 18.4. The summed E-state index contributed by atoms with van der Waals surface area (Å²) in [5, 5.41) is 2.47. The Bertz CT molecular complexity index is 720. The third kappa shape index (κ3) is 5.70. The van der Waals surface area contributed by atoms with Crippen molar-refractivity contribution >= 4 is 18.2 Å². The smallest absolute Gasteiger partial charge is 0.407 e. The summed E-state index contributed by atoms with van der Waals surface area (Å²) in [4.78, 5) is 26.9. The van der Waals surface area contributed by atoms with Crippen molar-refractivity contribution in [3.05, 3.63) is 41.2 Å². The van der Waals surface area contributed by atoms with Crippen LogP contribution in [0.2, 0.25) is 0 Å². The van der Waals surface area contributed by atoms with Crippen LogP contribution in [0, 0.1) is 0 Å². The van der Waals surface area contributed by atoms with Gasteiger partial charge in [-0.3, -0.25) is 4.79 Å². The minimum Gasteiger partial charge on any atom is -0.489 e. The van der Waals surface area contributed by atoms with Crippen LogP contribution in [0.4, 0.5) is 9.18 Å². The predicted molar refractivity (Wildman–Crippen MR) is 91.9 cm³/mol. The molecule has 1 aliphatic rings. The molecule has 1 aliphatic heterocycles. The SMILES string of the molecule is CC(C)(C)OC(=O)NC/C(=C/F)COc1ccc2c(c1)CC=NC2=O. The number of nitrogens with one attached hydrogen (secondary N) is 1. The topological polar surface area (TPSA) is 77.0 Å². The molecular weight excluding hydrogens is 327 g/mol. The number of amides is 2. The normalized spacial score (nSPS) is 14.1. The highest BCUT2D eigenvalue weighted by molar-refractivity contribution is 6.03. The van der Waals surface area contributed by atoms with E-state index in [0.717, 1.165) is 5.56 Å². The van der Waals surface area contributed by atoms with Gasteiger partial charge in [0, 0.05) is 30.3 Å². The molecule has 0 saturated carbocycles. The van der Waals surface area contributed by atoms with E-state index in [-0.39, 0.29) is 24.6 Å². The first kappa shape index (κ1) is 18.6. The third-order valence-corrected chi connectivity index (χ3v) is 3.26. The maximum atomic E-state index is 13.0. The van der Waals surface area contributed by atoms with E-state index >= 15 is 0 Å². The molecule has 7 heteroatoms. The maximum absolute atomic E-state index is 13.0. The van der Waals surface area contributed by atoms with Gasteiger partial charge in [-0.2, -0.15) is 0 Å². The number of ether oxygens (including phenoxy) is 2. The molecular formula is C18H21FN2O4. The van der Waals surface area contributed by atoms with Gasteiger partial charge in [0.05, 0.1) is 6.33 Å². The Hall–Kier alpha value is -2.70. The zero-order valence-corrected chi connectivity index (χ0v) is 14.5. The largest absolute Gasteiger partial charge is 0.489 e. The van der Waals surface area contributed by atoms with Crippen molar-refractivity contribution in [2.45, 2.75) is 32.8 Å². The van der Waals surface area contributed by atoms with E-state index in [1.54, 1.807) is 45.2 Å². The lowest BCUT2D eigenvalue weighted by molar-refractivity contribution is 0.0531. The summed E-state index contributed by atoms with van der Waals surface area (Å²) in [7, 11) is 0. The second-order valence-electron chi connectivity index (χ2n) is 6.55. The van der Waals surface area contributed by atoms with Gasteiger partial charge in [0.2, 0.25) is 0 Å². The summed E-state index contributed by atoms with van der Waals surface area (Å²) >= 11 is 0. The number of carbonyl (C=O) groups is 2. The highest BCUT2D eigenvalue weighted by Gasteiger charge is 2.17. The van der Waals surface area contributed by atoms with Crippen LogP contribution in [0.3, 0.4) is 0 Å². The molecule has 1 aromatic carbocycles. The molecule has 2 amide bonds. The monoisotopic (exact) mass is 348 g/mol. The van der Waals surface area contributed by atoms with Crippen molar-refractivity contribution in [2.75, 3.05) is 13.2 Å². The van der Waals surface area contributed by atoms with Gasteiger partial charge in [-0.25, -0.2) is 14.2 Å². The van der Waals surface area contributed by atoms with Crippen LogP contribution in [0.5, 0.6) is 5.75 Å². The Morgan fingerprint density at radius 1 is 1.40 bits per heavy atom. The van der Waals surface area contributed by atoms with Crippen LogP contribution in [-0.2, 0) is 11.2 Å². The van der Waals surface area contributed by atoms with Crippen molar-refractivity contribution < 1.29 is 23.5 Å². The van der Waals surface area contributed by atoms with Gasteiger partial charge in [0.1, 0.15) is 18.0 Å². The number of hydrogen-bond acceptors (Lipinski definition) is 4. The number of hydrogen-bond donors (Lipinski definition) is 1. The Morgan fingerprint density at radius 2 is 2.16 bits per heavy atom. The molecule has 0 aliphatic carbocycles. The summed E-state index contributed by atoms with van der Waals surface area (Å²) in [5.74, 6) is 0.233. The molecule has 134 valence electrons. The summed E-state index contributed by atoms with van der Waals surface area (Å²) in [6, 6.07) is 5.01. The average molecular weight is 348 g/mol. The molecule has 1 aromatic rings. The van der Waals surface area contributed by atoms with E-state index < -0.39 is 11.7 Å². The van der Waals surface area contributed by atoms with Crippen molar-refractivity contribution in [3.63, 3.8) is 0 Å². The standard InChI is InChI=1S/C18H21FN2O4/c1-18(2,3)25-17(23)21-10-12(9-19)11-24-14-4-5-15-13(8-14)6-7-20-16(15)22/h4-5,7-9H,6,10-11H2,1-3H3,(H,21,23)/b12-9-. The quantitative estimate of drug-likeness (QED) is 0.886. The number of carbonyl (C=O) groups excluding carboxylic acids is 2. The molecule has 0 saturated heterocycles. The van der Waals surface area contributed by atoms with Crippen molar-refractivity contribution in [1.29, 1.82) is 0 Å². The summed E-state index contributed by atoms with van der Waals surface area (Å²) in [5.41, 5.74) is 0.989. The number of rotatable bonds is 5. The summed E-state index contributed by atoms with van der Waals surface area (Å²) in [6.45, 7) is 5.17.